The fourth-order valence-electron chi connectivity index (χ4n) is 1.56. The molecule has 0 aliphatic rings. The van der Waals surface area contributed by atoms with Gasteiger partial charge in [0.05, 0.1) is 25.3 Å². The summed E-state index contributed by atoms with van der Waals surface area (Å²) in [6.45, 7) is 0. The van der Waals surface area contributed by atoms with Gasteiger partial charge in [-0.25, -0.2) is 9.78 Å². The van der Waals surface area contributed by atoms with Gasteiger partial charge in [-0.1, -0.05) is 6.07 Å². The molecule has 0 saturated heterocycles. The molecule has 0 fully saturated rings. The first-order valence-corrected chi connectivity index (χ1v) is 4.92. The minimum Gasteiger partial charge on any atom is -0.491 e. The van der Waals surface area contributed by atoms with E-state index in [1.165, 1.54) is 26.4 Å². The van der Waals surface area contributed by atoms with E-state index in [0.717, 1.165) is 5.39 Å². The Morgan fingerprint density at radius 1 is 1.24 bits per heavy atom. The van der Waals surface area contributed by atoms with E-state index in [0.29, 0.717) is 17.1 Å². The summed E-state index contributed by atoms with van der Waals surface area (Å²) >= 11 is 0. The maximum absolute atomic E-state index is 10.8. The topological polar surface area (TPSA) is 68.7 Å². The van der Waals surface area contributed by atoms with E-state index in [1.54, 1.807) is 12.1 Å². The first-order chi connectivity index (χ1) is 8.15. The molecule has 0 saturated carbocycles. The zero-order valence-electron chi connectivity index (χ0n) is 9.43. The number of ether oxygens (including phenoxy) is 2. The summed E-state index contributed by atoms with van der Waals surface area (Å²) in [6.07, 6.45) is 0. The van der Waals surface area contributed by atoms with Crippen molar-refractivity contribution in [3.63, 3.8) is 0 Å². The summed E-state index contributed by atoms with van der Waals surface area (Å²) < 4.78 is 10.2. The number of aromatic carboxylic acids is 1. The highest BCUT2D eigenvalue weighted by molar-refractivity contribution is 5.93. The number of aromatic nitrogens is 1. The Labute approximate surface area is 97.6 Å². The van der Waals surface area contributed by atoms with Gasteiger partial charge >= 0.3 is 5.97 Å². The molecule has 17 heavy (non-hydrogen) atoms. The summed E-state index contributed by atoms with van der Waals surface area (Å²) in [5.74, 6) is -0.130. The van der Waals surface area contributed by atoms with Crippen LogP contribution in [0, 0.1) is 0 Å². The number of benzene rings is 1. The summed E-state index contributed by atoms with van der Waals surface area (Å²) in [4.78, 5) is 15.0. The van der Waals surface area contributed by atoms with Crippen LogP contribution in [0.1, 0.15) is 10.4 Å². The third kappa shape index (κ3) is 1.99. The van der Waals surface area contributed by atoms with Gasteiger partial charge in [0.15, 0.2) is 5.75 Å². The van der Waals surface area contributed by atoms with Gasteiger partial charge < -0.3 is 14.6 Å². The predicted molar refractivity (Wildman–Crippen MR) is 61.8 cm³/mol. The van der Waals surface area contributed by atoms with Crippen LogP contribution in [-0.2, 0) is 0 Å². The minimum absolute atomic E-state index is 0.192. The van der Waals surface area contributed by atoms with E-state index in [2.05, 4.69) is 4.98 Å². The Balaban J connectivity index is 2.66. The maximum Gasteiger partial charge on any atom is 0.335 e. The zero-order valence-corrected chi connectivity index (χ0v) is 9.43. The van der Waals surface area contributed by atoms with Crippen LogP contribution in [0.4, 0.5) is 0 Å². The number of hydrogen-bond acceptors (Lipinski definition) is 4. The van der Waals surface area contributed by atoms with Gasteiger partial charge in [-0.2, -0.15) is 0 Å². The standard InChI is InChI=1S/C12H11NO4/c1-16-10-6-7-3-4-8(12(14)15)5-9(7)13-11(10)17-2/h3-6H,1-2H3,(H,14,15). The second-order valence-corrected chi connectivity index (χ2v) is 3.41. The summed E-state index contributed by atoms with van der Waals surface area (Å²) in [7, 11) is 3.01. The van der Waals surface area contributed by atoms with Crippen molar-refractivity contribution in [2.24, 2.45) is 0 Å². The normalized spacial score (nSPS) is 10.2. The first kappa shape index (κ1) is 11.2. The van der Waals surface area contributed by atoms with Crippen molar-refractivity contribution in [3.8, 4) is 11.6 Å². The molecular formula is C12H11NO4. The summed E-state index contributed by atoms with van der Waals surface area (Å²) in [5, 5.41) is 9.69. The molecule has 0 bridgehead atoms. The molecule has 0 atom stereocenters. The van der Waals surface area contributed by atoms with Gasteiger partial charge in [0.2, 0.25) is 0 Å². The molecule has 5 nitrogen and oxygen atoms in total. The molecule has 0 amide bonds. The Morgan fingerprint density at radius 3 is 2.59 bits per heavy atom. The van der Waals surface area contributed by atoms with Crippen LogP contribution in [0.25, 0.3) is 10.9 Å². The minimum atomic E-state index is -0.983. The number of methoxy groups -OCH3 is 2. The number of hydrogen-bond donors (Lipinski definition) is 1. The number of nitrogens with zero attached hydrogens (tertiary/aromatic N) is 1. The van der Waals surface area contributed by atoms with Crippen LogP contribution < -0.4 is 9.47 Å². The first-order valence-electron chi connectivity index (χ1n) is 4.92. The smallest absolute Gasteiger partial charge is 0.335 e. The lowest BCUT2D eigenvalue weighted by Crippen LogP contribution is -1.98. The summed E-state index contributed by atoms with van der Waals surface area (Å²) in [6, 6.07) is 6.47. The average molecular weight is 233 g/mol. The van der Waals surface area contributed by atoms with Crippen LogP contribution in [0.3, 0.4) is 0 Å². The largest absolute Gasteiger partial charge is 0.491 e. The number of pyridine rings is 1. The molecule has 0 aliphatic carbocycles. The van der Waals surface area contributed by atoms with E-state index in [-0.39, 0.29) is 5.56 Å². The van der Waals surface area contributed by atoms with E-state index >= 15 is 0 Å². The highest BCUT2D eigenvalue weighted by atomic mass is 16.5. The quantitative estimate of drug-likeness (QED) is 0.877. The number of fused-ring (bicyclic) bond motifs is 1. The number of rotatable bonds is 3. The number of carboxylic acids is 1. The average Bonchev–Trinajstić information content (AvgIpc) is 2.36. The van der Waals surface area contributed by atoms with Gasteiger partial charge in [0.25, 0.3) is 5.88 Å². The predicted octanol–water partition coefficient (Wildman–Crippen LogP) is 1.95. The molecule has 0 spiro atoms. The van der Waals surface area contributed by atoms with Gasteiger partial charge in [0, 0.05) is 5.39 Å². The molecule has 1 aromatic carbocycles. The molecule has 88 valence electrons. The summed E-state index contributed by atoms with van der Waals surface area (Å²) in [5.41, 5.74) is 0.750. The molecule has 1 aromatic heterocycles. The van der Waals surface area contributed by atoms with Gasteiger partial charge in [-0.15, -0.1) is 0 Å². The van der Waals surface area contributed by atoms with Gasteiger partial charge in [-0.3, -0.25) is 0 Å². The highest BCUT2D eigenvalue weighted by Gasteiger charge is 2.10. The fourth-order valence-corrected chi connectivity index (χ4v) is 1.56. The number of carboxylic acid groups (broad SMARTS) is 1. The SMILES string of the molecule is COc1cc2ccc(C(=O)O)cc2nc1OC. The fraction of sp³-hybridized carbons (Fsp3) is 0.167. The van der Waals surface area contributed by atoms with Crippen molar-refractivity contribution >= 4 is 16.9 Å². The van der Waals surface area contributed by atoms with Crippen molar-refractivity contribution in [2.45, 2.75) is 0 Å². The van der Waals surface area contributed by atoms with Crippen LogP contribution >= 0.6 is 0 Å². The van der Waals surface area contributed by atoms with Gasteiger partial charge in [0.1, 0.15) is 0 Å². The van der Waals surface area contributed by atoms with Crippen LogP contribution in [0.5, 0.6) is 11.6 Å². The van der Waals surface area contributed by atoms with Crippen molar-refractivity contribution < 1.29 is 19.4 Å². The lowest BCUT2D eigenvalue weighted by molar-refractivity contribution is 0.0697. The van der Waals surface area contributed by atoms with Gasteiger partial charge in [-0.05, 0) is 18.2 Å². The molecule has 2 rings (SSSR count). The highest BCUT2D eigenvalue weighted by Crippen LogP contribution is 2.28. The van der Waals surface area contributed by atoms with Crippen LogP contribution in [0.15, 0.2) is 24.3 Å². The van der Waals surface area contributed by atoms with Crippen molar-refractivity contribution in [2.75, 3.05) is 14.2 Å². The Morgan fingerprint density at radius 2 is 2.00 bits per heavy atom. The Hall–Kier alpha value is -2.30. The molecule has 0 unspecified atom stereocenters. The molecule has 1 N–H and O–H groups in total. The van der Waals surface area contributed by atoms with E-state index in [4.69, 9.17) is 14.6 Å². The molecule has 5 heteroatoms. The molecule has 0 aliphatic heterocycles. The van der Waals surface area contributed by atoms with E-state index in [9.17, 15) is 4.79 Å². The van der Waals surface area contributed by atoms with Crippen molar-refractivity contribution in [3.05, 3.63) is 29.8 Å². The maximum atomic E-state index is 10.8. The molecular weight excluding hydrogens is 222 g/mol. The zero-order chi connectivity index (χ0) is 12.4. The molecule has 2 aromatic rings. The van der Waals surface area contributed by atoms with Crippen molar-refractivity contribution in [1.29, 1.82) is 0 Å². The van der Waals surface area contributed by atoms with E-state index < -0.39 is 5.97 Å². The third-order valence-corrected chi connectivity index (χ3v) is 2.41. The third-order valence-electron chi connectivity index (χ3n) is 2.41. The Kier molecular flexibility index (Phi) is 2.82. The van der Waals surface area contributed by atoms with E-state index in [1.807, 2.05) is 0 Å². The second-order valence-electron chi connectivity index (χ2n) is 3.41. The Bertz CT molecular complexity index is 580. The lowest BCUT2D eigenvalue weighted by Gasteiger charge is -2.08. The second kappa shape index (κ2) is 4.29. The van der Waals surface area contributed by atoms with Crippen LogP contribution in [0.2, 0.25) is 0 Å². The van der Waals surface area contributed by atoms with Crippen molar-refractivity contribution in [1.82, 2.24) is 4.98 Å². The molecule has 1 heterocycles. The lowest BCUT2D eigenvalue weighted by atomic mass is 10.1. The molecule has 0 radical (unpaired) electrons. The monoisotopic (exact) mass is 233 g/mol. The van der Waals surface area contributed by atoms with Crippen LogP contribution in [-0.4, -0.2) is 30.3 Å². The number of carbonyl (C=O) groups is 1.